The van der Waals surface area contributed by atoms with Crippen LogP contribution in [0.15, 0.2) is 67.0 Å². The van der Waals surface area contributed by atoms with Gasteiger partial charge in [-0.3, -0.25) is 4.79 Å². The summed E-state index contributed by atoms with van der Waals surface area (Å²) in [5.41, 5.74) is 1.71. The summed E-state index contributed by atoms with van der Waals surface area (Å²) in [4.78, 5) is 19.6. The Morgan fingerprint density at radius 2 is 1.95 bits per heavy atom. The van der Waals surface area contributed by atoms with Crippen LogP contribution in [-0.4, -0.2) is 44.3 Å². The van der Waals surface area contributed by atoms with Crippen LogP contribution in [-0.2, 0) is 0 Å². The number of anilines is 1. The number of fused-ring (bicyclic) bond motifs is 1. The minimum absolute atomic E-state index is 0.0694. The average Bonchev–Trinajstić information content (AvgIpc) is 3.66. The highest BCUT2D eigenvalue weighted by Crippen LogP contribution is 2.37. The van der Waals surface area contributed by atoms with Gasteiger partial charge in [0.1, 0.15) is 11.6 Å². The molecule has 0 spiro atoms. The lowest BCUT2D eigenvalue weighted by atomic mass is 10.0. The molecule has 4 aromatic rings. The van der Waals surface area contributed by atoms with Gasteiger partial charge in [0.25, 0.3) is 5.91 Å². The molecule has 1 amide bonds. The number of ether oxygens (including phenoxy) is 1. The van der Waals surface area contributed by atoms with Crippen LogP contribution in [0.3, 0.4) is 0 Å². The lowest BCUT2D eigenvalue weighted by Gasteiger charge is -2.25. The fraction of sp³-hybridized carbons (Fsp3) is 0.321. The predicted octanol–water partition coefficient (Wildman–Crippen LogP) is 4.65. The standard InChI is InChI=1S/C28H28FN5O3/c29-19-6-3-5-18(15-19)23-16-20(17-33(23)26-12-11-25-30-13-14-34(25)32-26)31-28(36)22-9-4-10-24(27(22)35)37-21-7-1-2-8-21/h3-6,9-15,20-21,23,35H,1-2,7-8,16-17H2,(H,31,36)/t20-,23+/m0/s1. The number of rotatable bonds is 6. The summed E-state index contributed by atoms with van der Waals surface area (Å²) in [6.45, 7) is 0.471. The van der Waals surface area contributed by atoms with Gasteiger partial charge in [-0.25, -0.2) is 13.9 Å². The van der Waals surface area contributed by atoms with E-state index in [-0.39, 0.29) is 41.2 Å². The van der Waals surface area contributed by atoms with Crippen molar-refractivity contribution in [1.29, 1.82) is 0 Å². The molecule has 1 saturated heterocycles. The number of aromatic nitrogens is 3. The molecule has 2 aromatic carbocycles. The van der Waals surface area contributed by atoms with Crippen molar-refractivity contribution < 1.29 is 19.0 Å². The van der Waals surface area contributed by atoms with Crippen molar-refractivity contribution in [2.45, 2.75) is 50.3 Å². The van der Waals surface area contributed by atoms with Crippen molar-refractivity contribution in [2.75, 3.05) is 11.4 Å². The van der Waals surface area contributed by atoms with E-state index in [0.29, 0.717) is 24.5 Å². The van der Waals surface area contributed by atoms with Gasteiger partial charge in [-0.2, -0.15) is 0 Å². The number of phenolic OH excluding ortho intramolecular Hbond substituents is 1. The molecule has 37 heavy (non-hydrogen) atoms. The van der Waals surface area contributed by atoms with E-state index in [0.717, 1.165) is 36.9 Å². The van der Waals surface area contributed by atoms with Crippen molar-refractivity contribution in [3.63, 3.8) is 0 Å². The van der Waals surface area contributed by atoms with Crippen LogP contribution in [0.2, 0.25) is 0 Å². The number of carbonyl (C=O) groups excluding carboxylic acids is 1. The number of benzene rings is 2. The number of para-hydroxylation sites is 1. The number of nitrogens with zero attached hydrogens (tertiary/aromatic N) is 4. The van der Waals surface area contributed by atoms with E-state index in [9.17, 15) is 14.3 Å². The number of amides is 1. The fourth-order valence-electron chi connectivity index (χ4n) is 5.43. The number of halogens is 1. The summed E-state index contributed by atoms with van der Waals surface area (Å²) in [6.07, 6.45) is 8.20. The maximum absolute atomic E-state index is 14.1. The summed E-state index contributed by atoms with van der Waals surface area (Å²) >= 11 is 0. The molecule has 1 aliphatic heterocycles. The molecule has 2 aromatic heterocycles. The number of carbonyl (C=O) groups is 1. The number of hydrogen-bond acceptors (Lipinski definition) is 6. The van der Waals surface area contributed by atoms with Gasteiger partial charge in [-0.1, -0.05) is 18.2 Å². The quantitative estimate of drug-likeness (QED) is 0.400. The second-order valence-electron chi connectivity index (χ2n) is 9.73. The van der Waals surface area contributed by atoms with Gasteiger partial charge < -0.3 is 20.1 Å². The van der Waals surface area contributed by atoms with Crippen LogP contribution in [0.5, 0.6) is 11.5 Å². The Hall–Kier alpha value is -4.14. The maximum Gasteiger partial charge on any atom is 0.255 e. The topological polar surface area (TPSA) is 92.0 Å². The van der Waals surface area contributed by atoms with E-state index in [4.69, 9.17) is 4.74 Å². The molecule has 2 aliphatic rings. The highest BCUT2D eigenvalue weighted by Gasteiger charge is 2.36. The second-order valence-corrected chi connectivity index (χ2v) is 9.73. The third-order valence-corrected chi connectivity index (χ3v) is 7.24. The number of imidazole rings is 1. The summed E-state index contributed by atoms with van der Waals surface area (Å²) in [5, 5.41) is 18.6. The Bertz CT molecular complexity index is 1430. The molecule has 0 bridgehead atoms. The molecule has 9 heteroatoms. The first-order chi connectivity index (χ1) is 18.0. The Labute approximate surface area is 213 Å². The SMILES string of the molecule is O=C(N[C@H]1C[C@H](c2cccc(F)c2)N(c2ccc3nccn3n2)C1)c1cccc(OC2CCCC2)c1O. The van der Waals surface area contributed by atoms with Crippen LogP contribution in [0, 0.1) is 5.82 Å². The van der Waals surface area contributed by atoms with E-state index in [1.807, 2.05) is 18.2 Å². The molecule has 0 unspecified atom stereocenters. The lowest BCUT2D eigenvalue weighted by molar-refractivity contribution is 0.0935. The van der Waals surface area contributed by atoms with Crippen molar-refractivity contribution in [1.82, 2.24) is 19.9 Å². The molecule has 1 saturated carbocycles. The molecule has 190 valence electrons. The van der Waals surface area contributed by atoms with E-state index in [1.54, 1.807) is 41.2 Å². The molecule has 2 atom stereocenters. The van der Waals surface area contributed by atoms with Crippen LogP contribution in [0.25, 0.3) is 5.65 Å². The van der Waals surface area contributed by atoms with Crippen molar-refractivity contribution in [3.05, 3.63) is 83.9 Å². The Balaban J connectivity index is 1.24. The van der Waals surface area contributed by atoms with Crippen molar-refractivity contribution in [3.8, 4) is 11.5 Å². The van der Waals surface area contributed by atoms with E-state index in [1.165, 1.54) is 12.1 Å². The molecule has 2 fully saturated rings. The number of phenols is 1. The van der Waals surface area contributed by atoms with Gasteiger partial charge in [0.05, 0.1) is 17.7 Å². The van der Waals surface area contributed by atoms with E-state index in [2.05, 4.69) is 20.3 Å². The van der Waals surface area contributed by atoms with Gasteiger partial charge in [0.15, 0.2) is 17.1 Å². The highest BCUT2D eigenvalue weighted by atomic mass is 19.1. The molecular formula is C28H28FN5O3. The van der Waals surface area contributed by atoms with Crippen LogP contribution in [0.1, 0.15) is 54.1 Å². The van der Waals surface area contributed by atoms with Crippen LogP contribution >= 0.6 is 0 Å². The Morgan fingerprint density at radius 1 is 1.11 bits per heavy atom. The van der Waals surface area contributed by atoms with Gasteiger partial charge >= 0.3 is 0 Å². The third-order valence-electron chi connectivity index (χ3n) is 7.24. The third kappa shape index (κ3) is 4.69. The first kappa shape index (κ1) is 23.3. The van der Waals surface area contributed by atoms with Crippen LogP contribution < -0.4 is 15.0 Å². The van der Waals surface area contributed by atoms with Crippen molar-refractivity contribution in [2.24, 2.45) is 0 Å². The molecule has 3 heterocycles. The predicted molar refractivity (Wildman–Crippen MR) is 136 cm³/mol. The number of hydrogen-bond donors (Lipinski definition) is 2. The van der Waals surface area contributed by atoms with Gasteiger partial charge in [0, 0.05) is 25.0 Å². The van der Waals surface area contributed by atoms with Crippen molar-refractivity contribution >= 4 is 17.4 Å². The maximum atomic E-state index is 14.1. The second kappa shape index (κ2) is 9.72. The average molecular weight is 502 g/mol. The minimum atomic E-state index is -0.378. The van der Waals surface area contributed by atoms with Gasteiger partial charge in [-0.15, -0.1) is 5.10 Å². The molecule has 8 nitrogen and oxygen atoms in total. The molecule has 1 aliphatic carbocycles. The zero-order valence-electron chi connectivity index (χ0n) is 20.3. The summed E-state index contributed by atoms with van der Waals surface area (Å²) in [6, 6.07) is 14.8. The van der Waals surface area contributed by atoms with Gasteiger partial charge in [-0.05, 0) is 74.1 Å². The first-order valence-electron chi connectivity index (χ1n) is 12.7. The minimum Gasteiger partial charge on any atom is -0.504 e. The Kier molecular flexibility index (Phi) is 6.12. The normalized spacial score (nSPS) is 20.0. The Morgan fingerprint density at radius 3 is 2.78 bits per heavy atom. The largest absolute Gasteiger partial charge is 0.504 e. The number of nitrogens with one attached hydrogen (secondary N) is 1. The van der Waals surface area contributed by atoms with E-state index >= 15 is 0 Å². The van der Waals surface area contributed by atoms with Gasteiger partial charge in [0.2, 0.25) is 0 Å². The molecular weight excluding hydrogens is 473 g/mol. The molecule has 6 rings (SSSR count). The molecule has 2 N–H and O–H groups in total. The molecule has 0 radical (unpaired) electrons. The monoisotopic (exact) mass is 501 g/mol. The summed E-state index contributed by atoms with van der Waals surface area (Å²) in [7, 11) is 0. The number of aromatic hydroxyl groups is 1. The smallest absolute Gasteiger partial charge is 0.255 e. The van der Waals surface area contributed by atoms with E-state index < -0.39 is 0 Å². The first-order valence-corrected chi connectivity index (χ1v) is 12.7. The highest BCUT2D eigenvalue weighted by molar-refractivity contribution is 5.97. The lowest BCUT2D eigenvalue weighted by Crippen LogP contribution is -2.37. The van der Waals surface area contributed by atoms with Crippen LogP contribution in [0.4, 0.5) is 10.2 Å². The zero-order chi connectivity index (χ0) is 25.4. The fourth-order valence-corrected chi connectivity index (χ4v) is 5.43. The summed E-state index contributed by atoms with van der Waals surface area (Å²) < 4.78 is 21.8. The summed E-state index contributed by atoms with van der Waals surface area (Å²) in [5.74, 6) is 0.203. The zero-order valence-corrected chi connectivity index (χ0v) is 20.3.